The molecule has 0 atom stereocenters. The van der Waals surface area contributed by atoms with Crippen LogP contribution in [0.3, 0.4) is 0 Å². The summed E-state index contributed by atoms with van der Waals surface area (Å²) in [6.45, 7) is 13.9. The van der Waals surface area contributed by atoms with E-state index in [1.807, 2.05) is 6.92 Å². The quantitative estimate of drug-likeness (QED) is 0.623. The SMILES string of the molecule is C=CC.CCCN1CCC(CC)CC1. The number of hydrogen-bond donors (Lipinski definition) is 0. The first-order valence-electron chi connectivity index (χ1n) is 6.07. The van der Waals surface area contributed by atoms with Crippen LogP contribution >= 0.6 is 0 Å². The van der Waals surface area contributed by atoms with E-state index in [4.69, 9.17) is 0 Å². The number of allylic oxidation sites excluding steroid dienone is 1. The average Bonchev–Trinajstić information content (AvgIpc) is 2.21. The van der Waals surface area contributed by atoms with E-state index < -0.39 is 0 Å². The number of likely N-dealkylation sites (tertiary alicyclic amines) is 1. The van der Waals surface area contributed by atoms with Crippen LogP contribution in [0.2, 0.25) is 0 Å². The summed E-state index contributed by atoms with van der Waals surface area (Å²) in [6.07, 6.45) is 7.34. The van der Waals surface area contributed by atoms with Gasteiger partial charge in [-0.3, -0.25) is 0 Å². The van der Waals surface area contributed by atoms with Gasteiger partial charge in [-0.1, -0.05) is 26.3 Å². The van der Waals surface area contributed by atoms with Gasteiger partial charge in [0.1, 0.15) is 0 Å². The molecule has 0 aromatic carbocycles. The zero-order chi connectivity index (χ0) is 10.8. The fourth-order valence-electron chi connectivity index (χ4n) is 1.93. The van der Waals surface area contributed by atoms with Gasteiger partial charge in [0.25, 0.3) is 0 Å². The molecule has 0 aliphatic carbocycles. The highest BCUT2D eigenvalue weighted by Crippen LogP contribution is 2.19. The van der Waals surface area contributed by atoms with Crippen LogP contribution in [-0.2, 0) is 0 Å². The minimum atomic E-state index is 1.03. The summed E-state index contributed by atoms with van der Waals surface area (Å²) in [7, 11) is 0. The summed E-state index contributed by atoms with van der Waals surface area (Å²) in [5.41, 5.74) is 0. The molecule has 1 heteroatoms. The fourth-order valence-corrected chi connectivity index (χ4v) is 1.93. The van der Waals surface area contributed by atoms with Gasteiger partial charge < -0.3 is 4.90 Å². The minimum Gasteiger partial charge on any atom is -0.303 e. The highest BCUT2D eigenvalue weighted by molar-refractivity contribution is 4.70. The molecule has 0 unspecified atom stereocenters. The van der Waals surface area contributed by atoms with E-state index in [0.717, 1.165) is 5.92 Å². The van der Waals surface area contributed by atoms with Crippen molar-refractivity contribution in [2.45, 2.75) is 46.5 Å². The predicted molar refractivity (Wildman–Crippen MR) is 65.6 cm³/mol. The second kappa shape index (κ2) is 9.26. The molecule has 1 saturated heterocycles. The highest BCUT2D eigenvalue weighted by atomic mass is 15.1. The third kappa shape index (κ3) is 6.20. The molecule has 84 valence electrons. The van der Waals surface area contributed by atoms with E-state index >= 15 is 0 Å². The molecular weight excluding hydrogens is 170 g/mol. The Labute approximate surface area is 90.2 Å². The second-order valence-electron chi connectivity index (χ2n) is 4.10. The van der Waals surface area contributed by atoms with Crippen molar-refractivity contribution >= 4 is 0 Å². The van der Waals surface area contributed by atoms with Crippen LogP contribution in [0.1, 0.15) is 46.5 Å². The molecule has 0 saturated carbocycles. The van der Waals surface area contributed by atoms with Crippen molar-refractivity contribution in [3.63, 3.8) is 0 Å². The summed E-state index contributed by atoms with van der Waals surface area (Å²) in [4.78, 5) is 2.60. The fraction of sp³-hybridized carbons (Fsp3) is 0.846. The monoisotopic (exact) mass is 197 g/mol. The van der Waals surface area contributed by atoms with E-state index in [-0.39, 0.29) is 0 Å². The van der Waals surface area contributed by atoms with Crippen molar-refractivity contribution in [1.82, 2.24) is 4.90 Å². The Balaban J connectivity index is 0.000000500. The van der Waals surface area contributed by atoms with E-state index in [9.17, 15) is 0 Å². The molecule has 1 aliphatic rings. The standard InChI is InChI=1S/C10H21N.C3H6/c1-3-7-11-8-5-10(4-2)6-9-11;1-3-2/h10H,3-9H2,1-2H3;3H,1H2,2H3. The zero-order valence-corrected chi connectivity index (χ0v) is 10.3. The first-order chi connectivity index (χ1) is 6.78. The third-order valence-electron chi connectivity index (χ3n) is 2.82. The second-order valence-corrected chi connectivity index (χ2v) is 4.10. The highest BCUT2D eigenvalue weighted by Gasteiger charge is 2.16. The molecule has 1 fully saturated rings. The van der Waals surface area contributed by atoms with Crippen LogP contribution in [-0.4, -0.2) is 24.5 Å². The van der Waals surface area contributed by atoms with Gasteiger partial charge in [-0.2, -0.15) is 0 Å². The van der Waals surface area contributed by atoms with Gasteiger partial charge >= 0.3 is 0 Å². The summed E-state index contributed by atoms with van der Waals surface area (Å²) in [5, 5.41) is 0. The topological polar surface area (TPSA) is 3.24 Å². The lowest BCUT2D eigenvalue weighted by molar-refractivity contribution is 0.182. The first kappa shape index (κ1) is 13.7. The molecular formula is C13H27N. The van der Waals surface area contributed by atoms with Gasteiger partial charge in [0, 0.05) is 0 Å². The molecule has 1 heterocycles. The van der Waals surface area contributed by atoms with E-state index in [2.05, 4.69) is 25.3 Å². The van der Waals surface area contributed by atoms with Crippen molar-refractivity contribution < 1.29 is 0 Å². The van der Waals surface area contributed by atoms with E-state index in [1.165, 1.54) is 45.3 Å². The van der Waals surface area contributed by atoms with E-state index in [0.29, 0.717) is 0 Å². The van der Waals surface area contributed by atoms with Crippen molar-refractivity contribution in [2.75, 3.05) is 19.6 Å². The Morgan fingerprint density at radius 2 is 1.79 bits per heavy atom. The molecule has 0 spiro atoms. The maximum absolute atomic E-state index is 3.36. The van der Waals surface area contributed by atoms with Crippen molar-refractivity contribution in [3.05, 3.63) is 12.7 Å². The molecule has 0 aromatic rings. The normalized spacial score (nSPS) is 18.5. The number of hydrogen-bond acceptors (Lipinski definition) is 1. The third-order valence-corrected chi connectivity index (χ3v) is 2.82. The van der Waals surface area contributed by atoms with Crippen molar-refractivity contribution in [3.8, 4) is 0 Å². The number of rotatable bonds is 3. The summed E-state index contributed by atoms with van der Waals surface area (Å²) >= 11 is 0. The summed E-state index contributed by atoms with van der Waals surface area (Å²) in [6, 6.07) is 0. The van der Waals surface area contributed by atoms with Crippen LogP contribution in [0.5, 0.6) is 0 Å². The van der Waals surface area contributed by atoms with Crippen molar-refractivity contribution in [1.29, 1.82) is 0 Å². The van der Waals surface area contributed by atoms with Crippen LogP contribution < -0.4 is 0 Å². The van der Waals surface area contributed by atoms with Crippen LogP contribution in [0.25, 0.3) is 0 Å². The molecule has 1 aliphatic heterocycles. The lowest BCUT2D eigenvalue weighted by Gasteiger charge is -2.30. The molecule has 1 nitrogen and oxygen atoms in total. The Kier molecular flexibility index (Phi) is 9.06. The lowest BCUT2D eigenvalue weighted by atomic mass is 9.94. The average molecular weight is 197 g/mol. The summed E-state index contributed by atoms with van der Waals surface area (Å²) < 4.78 is 0. The van der Waals surface area contributed by atoms with Gasteiger partial charge in [0.05, 0.1) is 0 Å². The first-order valence-corrected chi connectivity index (χ1v) is 6.07. The molecule has 0 bridgehead atoms. The molecule has 14 heavy (non-hydrogen) atoms. The van der Waals surface area contributed by atoms with E-state index in [1.54, 1.807) is 6.08 Å². The number of piperidine rings is 1. The largest absolute Gasteiger partial charge is 0.303 e. The molecule has 0 aromatic heterocycles. The molecule has 1 rings (SSSR count). The predicted octanol–water partition coefficient (Wildman–Crippen LogP) is 3.71. The number of nitrogens with zero attached hydrogens (tertiary/aromatic N) is 1. The van der Waals surface area contributed by atoms with Gasteiger partial charge in [-0.25, -0.2) is 0 Å². The van der Waals surface area contributed by atoms with Crippen LogP contribution in [0, 0.1) is 5.92 Å². The molecule has 0 amide bonds. The minimum absolute atomic E-state index is 1.03. The molecule has 0 radical (unpaired) electrons. The van der Waals surface area contributed by atoms with Crippen LogP contribution in [0.15, 0.2) is 12.7 Å². The van der Waals surface area contributed by atoms with Gasteiger partial charge in [-0.15, -0.1) is 6.58 Å². The smallest absolute Gasteiger partial charge is 0.00161 e. The van der Waals surface area contributed by atoms with Crippen molar-refractivity contribution in [2.24, 2.45) is 5.92 Å². The zero-order valence-electron chi connectivity index (χ0n) is 10.3. The van der Waals surface area contributed by atoms with Gasteiger partial charge in [0.2, 0.25) is 0 Å². The van der Waals surface area contributed by atoms with Crippen LogP contribution in [0.4, 0.5) is 0 Å². The Bertz CT molecular complexity index is 123. The molecule has 0 N–H and O–H groups in total. The lowest BCUT2D eigenvalue weighted by Crippen LogP contribution is -2.33. The Morgan fingerprint density at radius 3 is 2.14 bits per heavy atom. The maximum Gasteiger partial charge on any atom is -0.00161 e. The summed E-state index contributed by atoms with van der Waals surface area (Å²) in [5.74, 6) is 1.03. The maximum atomic E-state index is 3.36. The van der Waals surface area contributed by atoms with Gasteiger partial charge in [0.15, 0.2) is 0 Å². The Hall–Kier alpha value is -0.300. The van der Waals surface area contributed by atoms with Gasteiger partial charge in [-0.05, 0) is 51.7 Å². The Morgan fingerprint density at radius 1 is 1.29 bits per heavy atom.